The molecule has 1 saturated heterocycles. The van der Waals surface area contributed by atoms with Crippen molar-refractivity contribution in [3.63, 3.8) is 0 Å². The molecule has 0 radical (unpaired) electrons. The Morgan fingerprint density at radius 2 is 1.96 bits per heavy atom. The van der Waals surface area contributed by atoms with Crippen LogP contribution in [0.15, 0.2) is 36.4 Å². The minimum Gasteiger partial charge on any atom is -0.494 e. The van der Waals surface area contributed by atoms with Gasteiger partial charge in [-0.3, -0.25) is 9.59 Å². The molecule has 1 aliphatic rings. The van der Waals surface area contributed by atoms with Crippen molar-refractivity contribution in [1.82, 2.24) is 0 Å². The molecular weight excluding hydrogens is 328 g/mol. The first-order valence-corrected chi connectivity index (χ1v) is 8.95. The number of hydrogen-bond acceptors (Lipinski definition) is 3. The van der Waals surface area contributed by atoms with Crippen molar-refractivity contribution in [1.29, 1.82) is 0 Å². The van der Waals surface area contributed by atoms with Crippen LogP contribution in [0.3, 0.4) is 0 Å². The van der Waals surface area contributed by atoms with Crippen molar-refractivity contribution in [3.05, 3.63) is 53.1 Å². The van der Waals surface area contributed by atoms with Gasteiger partial charge in [-0.05, 0) is 74.7 Å². The molecule has 136 valence electrons. The van der Waals surface area contributed by atoms with Gasteiger partial charge >= 0.3 is 0 Å². The number of carbonyl (C=O) groups excluding carboxylic acids is 2. The molecule has 0 aliphatic carbocycles. The second-order valence-electron chi connectivity index (χ2n) is 6.52. The molecule has 5 nitrogen and oxygen atoms in total. The van der Waals surface area contributed by atoms with E-state index in [0.29, 0.717) is 18.6 Å². The Morgan fingerprint density at radius 1 is 1.15 bits per heavy atom. The van der Waals surface area contributed by atoms with Crippen LogP contribution in [0.2, 0.25) is 0 Å². The predicted molar refractivity (Wildman–Crippen MR) is 103 cm³/mol. The largest absolute Gasteiger partial charge is 0.494 e. The second kappa shape index (κ2) is 7.60. The number of ether oxygens (including phenoxy) is 1. The lowest BCUT2D eigenvalue weighted by atomic mass is 10.1. The summed E-state index contributed by atoms with van der Waals surface area (Å²) in [6.45, 7) is 7.17. The van der Waals surface area contributed by atoms with E-state index in [9.17, 15) is 9.59 Å². The summed E-state index contributed by atoms with van der Waals surface area (Å²) in [4.78, 5) is 26.3. The Bertz CT molecular complexity index is 845. The van der Waals surface area contributed by atoms with E-state index in [1.165, 1.54) is 0 Å². The smallest absolute Gasteiger partial charge is 0.255 e. The SMILES string of the molecule is CCOc1ccc(C(=O)Nc2ccc(N3CCCC3=O)c(C)c2)cc1C. The lowest BCUT2D eigenvalue weighted by molar-refractivity contribution is -0.117. The second-order valence-corrected chi connectivity index (χ2v) is 6.52. The summed E-state index contributed by atoms with van der Waals surface area (Å²) in [6, 6.07) is 11.0. The maximum absolute atomic E-state index is 12.5. The van der Waals surface area contributed by atoms with E-state index in [1.807, 2.05) is 56.0 Å². The maximum atomic E-state index is 12.5. The minimum absolute atomic E-state index is 0.162. The third-order valence-electron chi connectivity index (χ3n) is 4.56. The molecule has 0 spiro atoms. The summed E-state index contributed by atoms with van der Waals surface area (Å²) in [5.41, 5.74) is 4.12. The number of amides is 2. The highest BCUT2D eigenvalue weighted by Crippen LogP contribution is 2.28. The third-order valence-corrected chi connectivity index (χ3v) is 4.56. The summed E-state index contributed by atoms with van der Waals surface area (Å²) in [7, 11) is 0. The van der Waals surface area contributed by atoms with Crippen LogP contribution in [0.4, 0.5) is 11.4 Å². The molecule has 1 aliphatic heterocycles. The van der Waals surface area contributed by atoms with Gasteiger partial charge in [0, 0.05) is 29.9 Å². The molecule has 0 atom stereocenters. The van der Waals surface area contributed by atoms with Crippen molar-refractivity contribution in [2.75, 3.05) is 23.4 Å². The summed E-state index contributed by atoms with van der Waals surface area (Å²) >= 11 is 0. The molecule has 5 heteroatoms. The van der Waals surface area contributed by atoms with Crippen LogP contribution >= 0.6 is 0 Å². The molecule has 2 amide bonds. The lowest BCUT2D eigenvalue weighted by Crippen LogP contribution is -2.24. The van der Waals surface area contributed by atoms with Crippen molar-refractivity contribution in [2.24, 2.45) is 0 Å². The number of rotatable bonds is 5. The number of carbonyl (C=O) groups is 2. The van der Waals surface area contributed by atoms with Gasteiger partial charge in [0.15, 0.2) is 0 Å². The van der Waals surface area contributed by atoms with Crippen molar-refractivity contribution in [3.8, 4) is 5.75 Å². The standard InChI is InChI=1S/C21H24N2O3/c1-4-26-19-10-7-16(12-15(19)3)21(25)22-17-8-9-18(14(2)13-17)23-11-5-6-20(23)24/h7-10,12-13H,4-6,11H2,1-3H3,(H,22,25). The number of hydrogen-bond donors (Lipinski definition) is 1. The highest BCUT2D eigenvalue weighted by molar-refractivity contribution is 6.05. The van der Waals surface area contributed by atoms with Crippen LogP contribution in [-0.4, -0.2) is 25.0 Å². The predicted octanol–water partition coefficient (Wildman–Crippen LogP) is 4.08. The molecule has 1 fully saturated rings. The first kappa shape index (κ1) is 18.0. The van der Waals surface area contributed by atoms with E-state index in [0.717, 1.165) is 41.2 Å². The molecule has 0 aromatic heterocycles. The number of aryl methyl sites for hydroxylation is 2. The van der Waals surface area contributed by atoms with Crippen LogP contribution in [0.25, 0.3) is 0 Å². The molecule has 1 N–H and O–H groups in total. The summed E-state index contributed by atoms with van der Waals surface area (Å²) in [5.74, 6) is 0.787. The van der Waals surface area contributed by atoms with Crippen LogP contribution in [0, 0.1) is 13.8 Å². The zero-order valence-electron chi connectivity index (χ0n) is 15.5. The summed E-state index contributed by atoms with van der Waals surface area (Å²) in [5, 5.41) is 2.92. The topological polar surface area (TPSA) is 58.6 Å². The van der Waals surface area contributed by atoms with E-state index in [4.69, 9.17) is 4.74 Å². The van der Waals surface area contributed by atoms with Gasteiger partial charge in [0.05, 0.1) is 6.61 Å². The zero-order chi connectivity index (χ0) is 18.7. The van der Waals surface area contributed by atoms with Crippen LogP contribution < -0.4 is 15.0 Å². The molecule has 0 saturated carbocycles. The first-order valence-electron chi connectivity index (χ1n) is 8.95. The van der Waals surface area contributed by atoms with Gasteiger partial charge < -0.3 is 15.0 Å². The van der Waals surface area contributed by atoms with Gasteiger partial charge in [0.2, 0.25) is 5.91 Å². The fraction of sp³-hybridized carbons (Fsp3) is 0.333. The van der Waals surface area contributed by atoms with Gasteiger partial charge in [0.25, 0.3) is 5.91 Å². The molecule has 0 bridgehead atoms. The summed E-state index contributed by atoms with van der Waals surface area (Å²) in [6.07, 6.45) is 1.50. The van der Waals surface area contributed by atoms with Crippen molar-refractivity contribution in [2.45, 2.75) is 33.6 Å². The van der Waals surface area contributed by atoms with Crippen molar-refractivity contribution < 1.29 is 14.3 Å². The van der Waals surface area contributed by atoms with E-state index < -0.39 is 0 Å². The molecule has 2 aromatic rings. The first-order chi connectivity index (χ1) is 12.5. The molecule has 1 heterocycles. The summed E-state index contributed by atoms with van der Waals surface area (Å²) < 4.78 is 5.51. The fourth-order valence-electron chi connectivity index (χ4n) is 3.25. The van der Waals surface area contributed by atoms with E-state index in [-0.39, 0.29) is 11.8 Å². The van der Waals surface area contributed by atoms with E-state index in [2.05, 4.69) is 5.32 Å². The number of anilines is 2. The molecular formula is C21H24N2O3. The Kier molecular flexibility index (Phi) is 5.26. The van der Waals surface area contributed by atoms with E-state index >= 15 is 0 Å². The Morgan fingerprint density at radius 3 is 2.58 bits per heavy atom. The fourth-order valence-corrected chi connectivity index (χ4v) is 3.25. The lowest BCUT2D eigenvalue weighted by Gasteiger charge is -2.19. The molecule has 26 heavy (non-hydrogen) atoms. The normalized spacial score (nSPS) is 13.8. The Hall–Kier alpha value is -2.82. The molecule has 0 unspecified atom stereocenters. The third kappa shape index (κ3) is 3.72. The van der Waals surface area contributed by atoms with Crippen LogP contribution in [0.5, 0.6) is 5.75 Å². The average Bonchev–Trinajstić information content (AvgIpc) is 3.03. The van der Waals surface area contributed by atoms with E-state index in [1.54, 1.807) is 6.07 Å². The number of nitrogens with one attached hydrogen (secondary N) is 1. The van der Waals surface area contributed by atoms with Crippen molar-refractivity contribution >= 4 is 23.2 Å². The maximum Gasteiger partial charge on any atom is 0.255 e. The number of benzene rings is 2. The van der Waals surface area contributed by atoms with Crippen LogP contribution in [0.1, 0.15) is 41.3 Å². The Balaban J connectivity index is 1.74. The Labute approximate surface area is 154 Å². The van der Waals surface area contributed by atoms with Gasteiger partial charge in [-0.25, -0.2) is 0 Å². The monoisotopic (exact) mass is 352 g/mol. The van der Waals surface area contributed by atoms with Gasteiger partial charge in [-0.15, -0.1) is 0 Å². The average molecular weight is 352 g/mol. The molecule has 3 rings (SSSR count). The highest BCUT2D eigenvalue weighted by Gasteiger charge is 2.23. The zero-order valence-corrected chi connectivity index (χ0v) is 15.5. The van der Waals surface area contributed by atoms with Gasteiger partial charge in [-0.2, -0.15) is 0 Å². The van der Waals surface area contributed by atoms with Gasteiger partial charge in [-0.1, -0.05) is 0 Å². The highest BCUT2D eigenvalue weighted by atomic mass is 16.5. The molecule has 2 aromatic carbocycles. The number of nitrogens with zero attached hydrogens (tertiary/aromatic N) is 1. The van der Waals surface area contributed by atoms with Gasteiger partial charge in [0.1, 0.15) is 5.75 Å². The quantitative estimate of drug-likeness (QED) is 0.882. The minimum atomic E-state index is -0.166. The van der Waals surface area contributed by atoms with Crippen LogP contribution in [-0.2, 0) is 4.79 Å².